The van der Waals surface area contributed by atoms with E-state index in [0.29, 0.717) is 11.8 Å². The first-order valence-electron chi connectivity index (χ1n) is 8.43. The number of likely N-dealkylation sites (N-methyl/N-ethyl adjacent to an activating group) is 1. The fourth-order valence-corrected chi connectivity index (χ4v) is 2.37. The fraction of sp³-hybridized carbons (Fsp3) is 0.455. The Hall–Kier alpha value is -1.78. The van der Waals surface area contributed by atoms with Crippen molar-refractivity contribution in [3.05, 3.63) is 53.6 Å². The Bertz CT molecular complexity index is 608. The van der Waals surface area contributed by atoms with E-state index in [1.54, 1.807) is 0 Å². The first-order valence-corrected chi connectivity index (χ1v) is 8.43. The van der Waals surface area contributed by atoms with Crippen LogP contribution in [0.2, 0.25) is 0 Å². The van der Waals surface area contributed by atoms with Crippen LogP contribution in [-0.2, 0) is 6.54 Å². The summed E-state index contributed by atoms with van der Waals surface area (Å²) >= 11 is 0. The Balaban J connectivity index is 2.68. The number of allylic oxidation sites excluding steroid dienone is 2. The minimum Gasteiger partial charge on any atom is -0.298 e. The quantitative estimate of drug-likeness (QED) is 0.636. The van der Waals surface area contributed by atoms with Crippen molar-refractivity contribution in [2.45, 2.75) is 41.2 Å². The lowest BCUT2D eigenvalue weighted by atomic mass is 9.96. The highest BCUT2D eigenvalue weighted by molar-refractivity contribution is 5.65. The normalized spacial score (nSPS) is 11.8. The average molecular weight is 309 g/mol. The van der Waals surface area contributed by atoms with Crippen molar-refractivity contribution >= 4 is 5.57 Å². The summed E-state index contributed by atoms with van der Waals surface area (Å²) in [4.78, 5) is 2.32. The van der Waals surface area contributed by atoms with Crippen LogP contribution in [0.5, 0.6) is 0 Å². The lowest BCUT2D eigenvalue weighted by Gasteiger charge is -2.18. The molecule has 0 aliphatic carbocycles. The Morgan fingerprint density at radius 3 is 2.57 bits per heavy atom. The van der Waals surface area contributed by atoms with Gasteiger partial charge >= 0.3 is 0 Å². The molecule has 0 saturated heterocycles. The molecule has 0 amide bonds. The molecule has 0 bridgehead atoms. The molecule has 124 valence electrons. The molecule has 0 saturated carbocycles. The molecule has 0 aliphatic heterocycles. The summed E-state index contributed by atoms with van der Waals surface area (Å²) in [6, 6.07) is 8.73. The molecular weight excluding hydrogens is 278 g/mol. The Morgan fingerprint density at radius 1 is 1.26 bits per heavy atom. The maximum atomic E-state index is 4.20. The molecule has 0 radical (unpaired) electrons. The van der Waals surface area contributed by atoms with E-state index in [-0.39, 0.29) is 0 Å². The largest absolute Gasteiger partial charge is 0.298 e. The molecule has 0 unspecified atom stereocenters. The van der Waals surface area contributed by atoms with E-state index >= 15 is 0 Å². The van der Waals surface area contributed by atoms with E-state index in [9.17, 15) is 0 Å². The predicted molar refractivity (Wildman–Crippen MR) is 103 cm³/mol. The van der Waals surface area contributed by atoms with E-state index in [1.807, 2.05) is 6.08 Å². The Labute approximate surface area is 143 Å². The zero-order valence-corrected chi connectivity index (χ0v) is 15.6. The predicted octanol–water partition coefficient (Wildman–Crippen LogP) is 5.39. The number of nitrogens with zero attached hydrogens (tertiary/aromatic N) is 1. The van der Waals surface area contributed by atoms with Crippen LogP contribution in [0.25, 0.3) is 5.57 Å². The van der Waals surface area contributed by atoms with Crippen LogP contribution in [-0.4, -0.2) is 18.5 Å². The van der Waals surface area contributed by atoms with Gasteiger partial charge in [-0.2, -0.15) is 0 Å². The highest BCUT2D eigenvalue weighted by Crippen LogP contribution is 2.22. The number of rotatable bonds is 6. The molecule has 23 heavy (non-hydrogen) atoms. The zero-order chi connectivity index (χ0) is 17.4. The van der Waals surface area contributed by atoms with Gasteiger partial charge in [0.05, 0.1) is 0 Å². The van der Waals surface area contributed by atoms with Gasteiger partial charge < -0.3 is 0 Å². The van der Waals surface area contributed by atoms with Crippen molar-refractivity contribution < 1.29 is 0 Å². The van der Waals surface area contributed by atoms with E-state index < -0.39 is 0 Å². The molecule has 0 heterocycles. The summed E-state index contributed by atoms with van der Waals surface area (Å²) < 4.78 is 0. The molecule has 0 spiro atoms. The fourth-order valence-electron chi connectivity index (χ4n) is 2.37. The molecule has 0 fully saturated rings. The van der Waals surface area contributed by atoms with Crippen molar-refractivity contribution in [1.82, 2.24) is 4.90 Å². The summed E-state index contributed by atoms with van der Waals surface area (Å²) in [5.74, 6) is 7.22. The minimum atomic E-state index is 0.425. The third-order valence-electron chi connectivity index (χ3n) is 3.66. The van der Waals surface area contributed by atoms with Crippen LogP contribution in [0.3, 0.4) is 0 Å². The minimum absolute atomic E-state index is 0.425. The standard InChI is InChI=1S/C22H31N/c1-17(2)10-8-11-19(5)15-23(7)16-21-12-9-13-22(14-21)20(6)18(3)4/h9,11-14,17-18H,6,15-16H2,1-5,7H3. The van der Waals surface area contributed by atoms with Crippen LogP contribution in [0.4, 0.5) is 0 Å². The smallest absolute Gasteiger partial charge is 0.0234 e. The third-order valence-corrected chi connectivity index (χ3v) is 3.66. The summed E-state index contributed by atoms with van der Waals surface area (Å²) in [6.07, 6.45) is 2.04. The molecule has 0 aromatic heterocycles. The molecule has 1 nitrogen and oxygen atoms in total. The highest BCUT2D eigenvalue weighted by atomic mass is 15.1. The van der Waals surface area contributed by atoms with Crippen molar-refractivity contribution in [2.75, 3.05) is 13.6 Å². The highest BCUT2D eigenvalue weighted by Gasteiger charge is 2.06. The van der Waals surface area contributed by atoms with Gasteiger partial charge in [0.1, 0.15) is 0 Å². The van der Waals surface area contributed by atoms with Gasteiger partial charge in [0.15, 0.2) is 0 Å². The molecule has 1 aromatic carbocycles. The zero-order valence-electron chi connectivity index (χ0n) is 15.6. The number of hydrogen-bond acceptors (Lipinski definition) is 1. The van der Waals surface area contributed by atoms with E-state index in [4.69, 9.17) is 0 Å². The number of hydrogen-bond donors (Lipinski definition) is 0. The van der Waals surface area contributed by atoms with Crippen molar-refractivity contribution in [3.63, 3.8) is 0 Å². The summed E-state index contributed by atoms with van der Waals surface area (Å²) in [6.45, 7) is 16.8. The topological polar surface area (TPSA) is 3.24 Å². The lowest BCUT2D eigenvalue weighted by molar-refractivity contribution is 0.355. The monoisotopic (exact) mass is 309 g/mol. The van der Waals surface area contributed by atoms with Gasteiger partial charge in [0.2, 0.25) is 0 Å². The SMILES string of the molecule is C=C(c1cccc(CN(C)CC(C)=CC#CC(C)C)c1)C(C)C. The first-order chi connectivity index (χ1) is 10.8. The Morgan fingerprint density at radius 2 is 1.96 bits per heavy atom. The van der Waals surface area contributed by atoms with Gasteiger partial charge in [0, 0.05) is 19.0 Å². The van der Waals surface area contributed by atoms with Gasteiger partial charge in [-0.3, -0.25) is 4.90 Å². The molecule has 1 rings (SSSR count). The van der Waals surface area contributed by atoms with Crippen LogP contribution in [0.15, 0.2) is 42.5 Å². The van der Waals surface area contributed by atoms with Gasteiger partial charge in [-0.05, 0) is 42.7 Å². The number of benzene rings is 1. The molecule has 0 atom stereocenters. The second kappa shape index (κ2) is 9.38. The molecular formula is C22H31N. The van der Waals surface area contributed by atoms with Crippen LogP contribution < -0.4 is 0 Å². The molecule has 0 aliphatic rings. The maximum Gasteiger partial charge on any atom is 0.0234 e. The van der Waals surface area contributed by atoms with E-state index in [0.717, 1.165) is 13.1 Å². The second-order valence-corrected chi connectivity index (χ2v) is 6.99. The van der Waals surface area contributed by atoms with Crippen molar-refractivity contribution in [1.29, 1.82) is 0 Å². The lowest BCUT2D eigenvalue weighted by Crippen LogP contribution is -2.19. The van der Waals surface area contributed by atoms with Crippen LogP contribution in [0.1, 0.15) is 45.7 Å². The molecule has 1 heteroatoms. The van der Waals surface area contributed by atoms with E-state index in [2.05, 4.69) is 89.3 Å². The van der Waals surface area contributed by atoms with Gasteiger partial charge in [-0.1, -0.05) is 76.0 Å². The van der Waals surface area contributed by atoms with Crippen molar-refractivity contribution in [2.24, 2.45) is 11.8 Å². The third kappa shape index (κ3) is 7.35. The van der Waals surface area contributed by atoms with Gasteiger partial charge in [-0.15, -0.1) is 0 Å². The molecule has 0 N–H and O–H groups in total. The summed E-state index contributed by atoms with van der Waals surface area (Å²) in [5, 5.41) is 0. The average Bonchev–Trinajstić information content (AvgIpc) is 2.45. The second-order valence-electron chi connectivity index (χ2n) is 6.99. The Kier molecular flexibility index (Phi) is 7.86. The summed E-state index contributed by atoms with van der Waals surface area (Å²) in [7, 11) is 2.15. The summed E-state index contributed by atoms with van der Waals surface area (Å²) in [5.41, 5.74) is 5.08. The van der Waals surface area contributed by atoms with E-state index in [1.165, 1.54) is 22.3 Å². The van der Waals surface area contributed by atoms with Crippen LogP contribution >= 0.6 is 0 Å². The first kappa shape index (κ1) is 19.3. The van der Waals surface area contributed by atoms with Crippen molar-refractivity contribution in [3.8, 4) is 11.8 Å². The van der Waals surface area contributed by atoms with Gasteiger partial charge in [0.25, 0.3) is 0 Å². The molecule has 1 aromatic rings. The van der Waals surface area contributed by atoms with Gasteiger partial charge in [-0.25, -0.2) is 0 Å². The maximum absolute atomic E-state index is 4.20. The van der Waals surface area contributed by atoms with Crippen LogP contribution in [0, 0.1) is 23.7 Å².